The normalized spacial score (nSPS) is 11.7. The fourth-order valence-corrected chi connectivity index (χ4v) is 4.18. The Balaban J connectivity index is 2.12. The van der Waals surface area contributed by atoms with E-state index in [4.69, 9.17) is 14.5 Å². The SMILES string of the molecule is CCCCn1c(=NC(=O)c2ccccc2OCC)c(C(=O)OCC)cc2c(=O)n3cccc(C)c3nc21. The number of amides is 1. The van der Waals surface area contributed by atoms with E-state index < -0.39 is 11.9 Å². The highest BCUT2D eigenvalue weighted by Gasteiger charge is 2.21. The highest BCUT2D eigenvalue weighted by atomic mass is 16.5. The first-order valence-corrected chi connectivity index (χ1v) is 12.4. The van der Waals surface area contributed by atoms with Crippen molar-refractivity contribution in [3.63, 3.8) is 0 Å². The van der Waals surface area contributed by atoms with Gasteiger partial charge in [-0.05, 0) is 57.0 Å². The molecule has 0 fully saturated rings. The lowest BCUT2D eigenvalue weighted by molar-refractivity contribution is 0.0523. The fraction of sp³-hybridized carbons (Fsp3) is 0.321. The number of ether oxygens (including phenoxy) is 2. The summed E-state index contributed by atoms with van der Waals surface area (Å²) in [6.07, 6.45) is 3.20. The summed E-state index contributed by atoms with van der Waals surface area (Å²) in [4.78, 5) is 49.3. The van der Waals surface area contributed by atoms with E-state index in [1.807, 2.05) is 26.8 Å². The maximum Gasteiger partial charge on any atom is 0.341 e. The maximum absolute atomic E-state index is 13.5. The number of carbonyl (C=O) groups is 2. The van der Waals surface area contributed by atoms with Crippen molar-refractivity contribution in [3.05, 3.63) is 81.2 Å². The van der Waals surface area contributed by atoms with E-state index in [1.165, 1.54) is 10.5 Å². The molecule has 9 heteroatoms. The Kier molecular flexibility index (Phi) is 7.81. The van der Waals surface area contributed by atoms with Crippen molar-refractivity contribution >= 4 is 28.6 Å². The molecule has 4 aromatic rings. The number of para-hydroxylation sites is 1. The van der Waals surface area contributed by atoms with Gasteiger partial charge in [0.1, 0.15) is 22.6 Å². The van der Waals surface area contributed by atoms with Crippen LogP contribution in [0, 0.1) is 6.92 Å². The van der Waals surface area contributed by atoms with E-state index in [2.05, 4.69) is 4.99 Å². The number of aromatic nitrogens is 3. The number of hydrogen-bond acceptors (Lipinski definition) is 6. The lowest BCUT2D eigenvalue weighted by atomic mass is 10.1. The average molecular weight is 503 g/mol. The van der Waals surface area contributed by atoms with E-state index in [0.29, 0.717) is 36.6 Å². The van der Waals surface area contributed by atoms with Gasteiger partial charge in [0.05, 0.1) is 24.2 Å². The minimum Gasteiger partial charge on any atom is -0.493 e. The molecule has 0 bridgehead atoms. The molecule has 0 saturated heterocycles. The first kappa shape index (κ1) is 25.8. The standard InChI is InChI=1S/C28H30N4O5/c1-5-8-15-31-24-20(27(34)32-16-11-12-18(4)23(32)29-24)17-21(28(35)37-7-3)25(31)30-26(33)19-13-9-10-14-22(19)36-6-2/h9-14,16-17H,5-8,15H2,1-4H3. The van der Waals surface area contributed by atoms with Gasteiger partial charge in [-0.3, -0.25) is 14.0 Å². The number of carbonyl (C=O) groups excluding carboxylic acids is 2. The smallest absolute Gasteiger partial charge is 0.341 e. The van der Waals surface area contributed by atoms with Crippen molar-refractivity contribution in [2.75, 3.05) is 13.2 Å². The lowest BCUT2D eigenvalue weighted by Crippen LogP contribution is -2.33. The highest BCUT2D eigenvalue weighted by Crippen LogP contribution is 2.19. The summed E-state index contributed by atoms with van der Waals surface area (Å²) in [7, 11) is 0. The fourth-order valence-electron chi connectivity index (χ4n) is 4.18. The Bertz CT molecular complexity index is 1620. The Morgan fingerprint density at radius 1 is 1.00 bits per heavy atom. The van der Waals surface area contributed by atoms with Gasteiger partial charge in [0.15, 0.2) is 5.49 Å². The topological polar surface area (TPSA) is 104 Å². The quantitative estimate of drug-likeness (QED) is 0.266. The summed E-state index contributed by atoms with van der Waals surface area (Å²) in [5.74, 6) is -0.851. The van der Waals surface area contributed by atoms with Crippen molar-refractivity contribution in [1.29, 1.82) is 0 Å². The van der Waals surface area contributed by atoms with Crippen molar-refractivity contribution in [2.24, 2.45) is 4.99 Å². The molecule has 0 aliphatic rings. The molecule has 1 amide bonds. The first-order chi connectivity index (χ1) is 17.9. The molecule has 0 radical (unpaired) electrons. The number of nitrogens with zero attached hydrogens (tertiary/aromatic N) is 4. The molecule has 0 aliphatic carbocycles. The third-order valence-corrected chi connectivity index (χ3v) is 5.96. The van der Waals surface area contributed by atoms with Crippen LogP contribution in [0.5, 0.6) is 5.75 Å². The molecule has 192 valence electrons. The summed E-state index contributed by atoms with van der Waals surface area (Å²) in [6, 6.07) is 11.9. The van der Waals surface area contributed by atoms with Crippen LogP contribution in [0.25, 0.3) is 16.7 Å². The second kappa shape index (κ2) is 11.2. The molecule has 9 nitrogen and oxygen atoms in total. The average Bonchev–Trinajstić information content (AvgIpc) is 2.89. The molecule has 0 aliphatic heterocycles. The minimum absolute atomic E-state index is 0.0270. The second-order valence-electron chi connectivity index (χ2n) is 8.49. The molecular weight excluding hydrogens is 472 g/mol. The van der Waals surface area contributed by atoms with E-state index in [9.17, 15) is 14.4 Å². The summed E-state index contributed by atoms with van der Waals surface area (Å²) >= 11 is 0. The van der Waals surface area contributed by atoms with Crippen LogP contribution in [-0.4, -0.2) is 39.0 Å². The van der Waals surface area contributed by atoms with Crippen molar-refractivity contribution < 1.29 is 19.1 Å². The molecule has 37 heavy (non-hydrogen) atoms. The molecule has 3 heterocycles. The molecule has 3 aromatic heterocycles. The van der Waals surface area contributed by atoms with Gasteiger partial charge in [-0.1, -0.05) is 31.5 Å². The third kappa shape index (κ3) is 5.02. The van der Waals surface area contributed by atoms with E-state index >= 15 is 0 Å². The van der Waals surface area contributed by atoms with Crippen LogP contribution < -0.4 is 15.8 Å². The van der Waals surface area contributed by atoms with Crippen molar-refractivity contribution in [1.82, 2.24) is 14.0 Å². The van der Waals surface area contributed by atoms with Gasteiger partial charge in [-0.2, -0.15) is 4.99 Å². The zero-order valence-corrected chi connectivity index (χ0v) is 21.5. The monoisotopic (exact) mass is 502 g/mol. The van der Waals surface area contributed by atoms with E-state index in [1.54, 1.807) is 48.0 Å². The molecule has 0 spiro atoms. The number of pyridine rings is 2. The summed E-state index contributed by atoms with van der Waals surface area (Å²) in [5, 5.41) is 0.239. The van der Waals surface area contributed by atoms with E-state index in [0.717, 1.165) is 12.0 Å². The highest BCUT2D eigenvalue weighted by molar-refractivity contribution is 5.99. The second-order valence-corrected chi connectivity index (χ2v) is 8.49. The number of aryl methyl sites for hydroxylation is 2. The zero-order chi connectivity index (χ0) is 26.5. The number of hydrogen-bond donors (Lipinski definition) is 0. The Labute approximate surface area is 214 Å². The van der Waals surface area contributed by atoms with Gasteiger partial charge in [-0.25, -0.2) is 9.78 Å². The Morgan fingerprint density at radius 2 is 1.78 bits per heavy atom. The van der Waals surface area contributed by atoms with Gasteiger partial charge in [0.2, 0.25) is 0 Å². The minimum atomic E-state index is -0.673. The molecular formula is C28H30N4O5. The number of rotatable bonds is 8. The predicted octanol–water partition coefficient (Wildman–Crippen LogP) is 4.07. The Morgan fingerprint density at radius 3 is 2.51 bits per heavy atom. The summed E-state index contributed by atoms with van der Waals surface area (Å²) in [5.41, 5.74) is 1.74. The molecule has 4 rings (SSSR count). The molecule has 0 atom stereocenters. The number of fused-ring (bicyclic) bond motifs is 2. The first-order valence-electron chi connectivity index (χ1n) is 12.4. The van der Waals surface area contributed by atoms with Crippen LogP contribution in [0.4, 0.5) is 0 Å². The van der Waals surface area contributed by atoms with Crippen molar-refractivity contribution in [2.45, 2.75) is 47.1 Å². The molecule has 1 aromatic carbocycles. The maximum atomic E-state index is 13.5. The lowest BCUT2D eigenvalue weighted by Gasteiger charge is -2.15. The summed E-state index contributed by atoms with van der Waals surface area (Å²) in [6.45, 7) is 8.32. The van der Waals surface area contributed by atoms with Crippen LogP contribution in [0.2, 0.25) is 0 Å². The molecule has 0 unspecified atom stereocenters. The van der Waals surface area contributed by atoms with Crippen molar-refractivity contribution in [3.8, 4) is 5.75 Å². The predicted molar refractivity (Wildman–Crippen MR) is 140 cm³/mol. The van der Waals surface area contributed by atoms with E-state index in [-0.39, 0.29) is 34.2 Å². The van der Waals surface area contributed by atoms with Crippen LogP contribution in [0.1, 0.15) is 59.9 Å². The van der Waals surface area contributed by atoms with Gasteiger partial charge in [-0.15, -0.1) is 0 Å². The summed E-state index contributed by atoms with van der Waals surface area (Å²) < 4.78 is 14.1. The number of esters is 1. The number of unbranched alkanes of at least 4 members (excludes halogenated alkanes) is 1. The van der Waals surface area contributed by atoms with Crippen LogP contribution in [0.15, 0.2) is 58.4 Å². The van der Waals surface area contributed by atoms with Gasteiger partial charge >= 0.3 is 5.97 Å². The van der Waals surface area contributed by atoms with Gasteiger partial charge < -0.3 is 14.0 Å². The van der Waals surface area contributed by atoms with Gasteiger partial charge in [0, 0.05) is 12.7 Å². The van der Waals surface area contributed by atoms with Crippen LogP contribution in [0.3, 0.4) is 0 Å². The number of benzene rings is 1. The Hall–Kier alpha value is -4.27. The van der Waals surface area contributed by atoms with Crippen LogP contribution in [-0.2, 0) is 11.3 Å². The third-order valence-electron chi connectivity index (χ3n) is 5.96. The van der Waals surface area contributed by atoms with Crippen LogP contribution >= 0.6 is 0 Å². The molecule has 0 saturated carbocycles. The molecule has 0 N–H and O–H groups in total. The zero-order valence-electron chi connectivity index (χ0n) is 21.5. The van der Waals surface area contributed by atoms with Gasteiger partial charge in [0.25, 0.3) is 11.5 Å². The largest absolute Gasteiger partial charge is 0.493 e.